The van der Waals surface area contributed by atoms with E-state index in [0.717, 1.165) is 44.9 Å². The molecule has 3 nitrogen and oxygen atoms in total. The summed E-state index contributed by atoms with van der Waals surface area (Å²) in [7, 11) is 2.13. The summed E-state index contributed by atoms with van der Waals surface area (Å²) in [6.45, 7) is 18.5. The van der Waals surface area contributed by atoms with Crippen molar-refractivity contribution >= 4 is 0 Å². The van der Waals surface area contributed by atoms with Gasteiger partial charge in [-0.05, 0) is 49.5 Å². The van der Waals surface area contributed by atoms with Crippen LogP contribution in [-0.2, 0) is 9.47 Å². The molecular weight excluding hydrogens is 310 g/mol. The molecule has 3 heteroatoms. The maximum absolute atomic E-state index is 6.41. The maximum Gasteiger partial charge on any atom is 0.168 e. The lowest BCUT2D eigenvalue weighted by Gasteiger charge is -2.45. The van der Waals surface area contributed by atoms with E-state index in [0.29, 0.717) is 10.8 Å². The number of nitrogens with zero attached hydrogens (tertiary/aromatic N) is 1. The predicted octanol–water partition coefficient (Wildman–Crippen LogP) is 5.26. The second-order valence-corrected chi connectivity index (χ2v) is 10.3. The zero-order valence-electron chi connectivity index (χ0n) is 17.6. The van der Waals surface area contributed by atoms with Gasteiger partial charge >= 0.3 is 0 Å². The minimum absolute atomic E-state index is 0.256. The van der Waals surface area contributed by atoms with Gasteiger partial charge in [-0.3, -0.25) is 0 Å². The smallest absolute Gasteiger partial charge is 0.168 e. The van der Waals surface area contributed by atoms with Crippen LogP contribution in [0.15, 0.2) is 12.7 Å². The van der Waals surface area contributed by atoms with E-state index in [-0.39, 0.29) is 11.9 Å². The summed E-state index contributed by atoms with van der Waals surface area (Å²) < 4.78 is 12.6. The lowest BCUT2D eigenvalue weighted by molar-refractivity contribution is -0.198. The number of likely N-dealkylation sites (N-methyl/N-ethyl adjacent to an activating group) is 1. The van der Waals surface area contributed by atoms with E-state index in [1.54, 1.807) is 0 Å². The Kier molecular flexibility index (Phi) is 6.78. The summed E-state index contributed by atoms with van der Waals surface area (Å²) in [6, 6.07) is 0. The molecule has 2 aliphatic rings. The molecule has 1 spiro atoms. The van der Waals surface area contributed by atoms with Gasteiger partial charge in [-0.2, -0.15) is 0 Å². The molecule has 146 valence electrons. The fourth-order valence-electron chi connectivity index (χ4n) is 5.05. The van der Waals surface area contributed by atoms with Crippen LogP contribution in [0.4, 0.5) is 0 Å². The van der Waals surface area contributed by atoms with Crippen molar-refractivity contribution in [2.45, 2.75) is 85.0 Å². The highest BCUT2D eigenvalue weighted by Crippen LogP contribution is 2.49. The second kappa shape index (κ2) is 8.10. The Labute approximate surface area is 156 Å². The largest absolute Gasteiger partial charge is 0.347 e. The molecule has 0 radical (unpaired) electrons. The van der Waals surface area contributed by atoms with Gasteiger partial charge in [0.2, 0.25) is 0 Å². The van der Waals surface area contributed by atoms with Crippen LogP contribution in [0.1, 0.15) is 73.1 Å². The quantitative estimate of drug-likeness (QED) is 0.584. The second-order valence-electron chi connectivity index (χ2n) is 10.3. The van der Waals surface area contributed by atoms with Gasteiger partial charge in [0.25, 0.3) is 0 Å². The summed E-state index contributed by atoms with van der Waals surface area (Å²) in [4.78, 5) is 2.28. The molecule has 1 saturated carbocycles. The predicted molar refractivity (Wildman–Crippen MR) is 106 cm³/mol. The highest BCUT2D eigenvalue weighted by Gasteiger charge is 2.46. The topological polar surface area (TPSA) is 21.7 Å². The van der Waals surface area contributed by atoms with E-state index in [1.165, 1.54) is 19.3 Å². The van der Waals surface area contributed by atoms with E-state index in [4.69, 9.17) is 9.47 Å². The summed E-state index contributed by atoms with van der Waals surface area (Å²) >= 11 is 0. The van der Waals surface area contributed by atoms with Crippen LogP contribution in [-0.4, -0.2) is 43.5 Å². The molecule has 0 aromatic rings. The summed E-state index contributed by atoms with van der Waals surface area (Å²) in [5, 5.41) is 0. The normalized spacial score (nSPS) is 31.0. The molecule has 0 aromatic carbocycles. The molecular formula is C22H41NO2. The fraction of sp³-hybridized carbons (Fsp3) is 0.909. The minimum Gasteiger partial charge on any atom is -0.347 e. The standard InChI is InChI=1S/C22H41NO2/c1-8-14-23(7)15-11-19-16-24-22(25-19)12-9-18(10-13-22)21(5,6)17-20(2,3)4/h8,18-19H,1,9-17H2,2-7H3. The third-order valence-electron chi connectivity index (χ3n) is 6.03. The first kappa shape index (κ1) is 20.9. The van der Waals surface area contributed by atoms with Crippen molar-refractivity contribution in [1.29, 1.82) is 0 Å². The van der Waals surface area contributed by atoms with Crippen molar-refractivity contribution in [3.05, 3.63) is 12.7 Å². The lowest BCUT2D eigenvalue weighted by atomic mass is 9.64. The number of rotatable bonds is 7. The number of hydrogen-bond acceptors (Lipinski definition) is 3. The van der Waals surface area contributed by atoms with Crippen molar-refractivity contribution in [1.82, 2.24) is 4.90 Å². The molecule has 1 unspecified atom stereocenters. The SMILES string of the molecule is C=CCN(C)CCC1COC2(CCC(C(C)(C)CC(C)(C)C)CC2)O1. The lowest BCUT2D eigenvalue weighted by Crippen LogP contribution is -2.40. The third kappa shape index (κ3) is 6.08. The molecule has 2 fully saturated rings. The molecule has 2 rings (SSSR count). The van der Waals surface area contributed by atoms with Gasteiger partial charge in [-0.1, -0.05) is 40.7 Å². The van der Waals surface area contributed by atoms with Crippen molar-refractivity contribution in [3.63, 3.8) is 0 Å². The molecule has 0 N–H and O–H groups in total. The van der Waals surface area contributed by atoms with E-state index < -0.39 is 0 Å². The molecule has 0 aromatic heterocycles. The Hall–Kier alpha value is -0.380. The van der Waals surface area contributed by atoms with Crippen molar-refractivity contribution in [2.24, 2.45) is 16.7 Å². The summed E-state index contributed by atoms with van der Waals surface area (Å²) in [5.74, 6) is 0.498. The maximum atomic E-state index is 6.41. The van der Waals surface area contributed by atoms with Crippen LogP contribution in [0.3, 0.4) is 0 Å². The Morgan fingerprint density at radius 1 is 1.16 bits per heavy atom. The Morgan fingerprint density at radius 3 is 2.36 bits per heavy atom. The number of hydrogen-bond donors (Lipinski definition) is 0. The minimum atomic E-state index is -0.282. The molecule has 1 aliphatic carbocycles. The average Bonchev–Trinajstić information content (AvgIpc) is 2.86. The van der Waals surface area contributed by atoms with Gasteiger partial charge in [-0.25, -0.2) is 0 Å². The van der Waals surface area contributed by atoms with E-state index in [9.17, 15) is 0 Å². The van der Waals surface area contributed by atoms with Gasteiger partial charge < -0.3 is 14.4 Å². The monoisotopic (exact) mass is 351 g/mol. The van der Waals surface area contributed by atoms with Crippen molar-refractivity contribution in [2.75, 3.05) is 26.7 Å². The van der Waals surface area contributed by atoms with Crippen LogP contribution in [0.25, 0.3) is 0 Å². The first-order valence-electron chi connectivity index (χ1n) is 10.2. The summed E-state index contributed by atoms with van der Waals surface area (Å²) in [5.41, 5.74) is 0.785. The van der Waals surface area contributed by atoms with Crippen molar-refractivity contribution < 1.29 is 9.47 Å². The number of ether oxygens (including phenoxy) is 2. The zero-order valence-corrected chi connectivity index (χ0v) is 17.6. The Morgan fingerprint density at radius 2 is 1.80 bits per heavy atom. The van der Waals surface area contributed by atoms with Gasteiger partial charge in [0, 0.05) is 25.9 Å². The van der Waals surface area contributed by atoms with Crippen LogP contribution < -0.4 is 0 Å². The molecule has 1 saturated heterocycles. The van der Waals surface area contributed by atoms with Crippen LogP contribution in [0, 0.1) is 16.7 Å². The van der Waals surface area contributed by atoms with Gasteiger partial charge in [0.05, 0.1) is 12.7 Å². The Bertz CT molecular complexity index is 430. The van der Waals surface area contributed by atoms with E-state index >= 15 is 0 Å². The van der Waals surface area contributed by atoms with Crippen LogP contribution >= 0.6 is 0 Å². The van der Waals surface area contributed by atoms with Gasteiger partial charge in [0.15, 0.2) is 5.79 Å². The van der Waals surface area contributed by atoms with Gasteiger partial charge in [-0.15, -0.1) is 6.58 Å². The molecule has 1 atom stereocenters. The van der Waals surface area contributed by atoms with E-state index in [2.05, 4.69) is 53.1 Å². The molecule has 0 amide bonds. The van der Waals surface area contributed by atoms with Gasteiger partial charge in [0.1, 0.15) is 0 Å². The highest BCUT2D eigenvalue weighted by atomic mass is 16.7. The molecule has 1 heterocycles. The fourth-order valence-corrected chi connectivity index (χ4v) is 5.05. The third-order valence-corrected chi connectivity index (χ3v) is 6.03. The highest BCUT2D eigenvalue weighted by molar-refractivity contribution is 4.91. The first-order chi connectivity index (χ1) is 11.6. The van der Waals surface area contributed by atoms with E-state index in [1.807, 2.05) is 6.08 Å². The zero-order chi connectivity index (χ0) is 18.7. The van der Waals surface area contributed by atoms with Crippen molar-refractivity contribution in [3.8, 4) is 0 Å². The average molecular weight is 352 g/mol. The first-order valence-corrected chi connectivity index (χ1v) is 10.2. The molecule has 1 aliphatic heterocycles. The Balaban J connectivity index is 1.80. The molecule has 0 bridgehead atoms. The molecule has 25 heavy (non-hydrogen) atoms. The summed E-state index contributed by atoms with van der Waals surface area (Å²) in [6.07, 6.45) is 9.11. The van der Waals surface area contributed by atoms with Crippen LogP contribution in [0.5, 0.6) is 0 Å². The van der Waals surface area contributed by atoms with Crippen LogP contribution in [0.2, 0.25) is 0 Å².